The zero-order valence-corrected chi connectivity index (χ0v) is 20.2. The Morgan fingerprint density at radius 2 is 1.71 bits per heavy atom. The normalized spacial score (nSPS) is 10.1. The standard InChI is InChI=1S/C21H28BrNS2.CH3NO/c1-4-5-6-7-8-15-25-19-12-9-17(10-13-19)20-14-11-18(22)16-21(20)23(2)24-3;2-1-3/h9-14,16H,4-8,15H2,1-3H3;1H,(H2,2,3). The summed E-state index contributed by atoms with van der Waals surface area (Å²) in [4.78, 5) is 9.95. The molecule has 0 aliphatic rings. The molecule has 0 aliphatic heterocycles. The highest BCUT2D eigenvalue weighted by atomic mass is 79.9. The van der Waals surface area contributed by atoms with E-state index in [9.17, 15) is 0 Å². The van der Waals surface area contributed by atoms with Gasteiger partial charge in [-0.25, -0.2) is 0 Å². The van der Waals surface area contributed by atoms with Gasteiger partial charge in [-0.3, -0.25) is 4.79 Å². The third-order valence-electron chi connectivity index (χ3n) is 4.25. The number of carbonyl (C=O) groups is 1. The molecular formula is C22H31BrN2OS2. The van der Waals surface area contributed by atoms with Gasteiger partial charge in [0.2, 0.25) is 6.41 Å². The van der Waals surface area contributed by atoms with E-state index in [1.54, 1.807) is 11.9 Å². The molecule has 28 heavy (non-hydrogen) atoms. The van der Waals surface area contributed by atoms with E-state index in [1.807, 2.05) is 11.8 Å². The fourth-order valence-electron chi connectivity index (χ4n) is 2.73. The highest BCUT2D eigenvalue weighted by molar-refractivity contribution is 9.10. The van der Waals surface area contributed by atoms with Gasteiger partial charge in [0.25, 0.3) is 0 Å². The maximum Gasteiger partial charge on any atom is 0.204 e. The summed E-state index contributed by atoms with van der Waals surface area (Å²) in [7, 11) is 2.11. The van der Waals surface area contributed by atoms with Crippen LogP contribution in [-0.4, -0.2) is 25.5 Å². The first kappa shape index (κ1) is 24.9. The molecule has 2 aromatic carbocycles. The highest BCUT2D eigenvalue weighted by Gasteiger charge is 2.10. The summed E-state index contributed by atoms with van der Waals surface area (Å²) in [5.74, 6) is 1.22. The van der Waals surface area contributed by atoms with E-state index in [4.69, 9.17) is 4.79 Å². The molecule has 3 nitrogen and oxygen atoms in total. The lowest BCUT2D eigenvalue weighted by molar-refractivity contribution is -0.106. The van der Waals surface area contributed by atoms with E-state index in [2.05, 4.69) is 88.7 Å². The zero-order valence-electron chi connectivity index (χ0n) is 17.0. The predicted octanol–water partition coefficient (Wildman–Crippen LogP) is 6.99. The van der Waals surface area contributed by atoms with Crippen LogP contribution in [0.15, 0.2) is 51.8 Å². The lowest BCUT2D eigenvalue weighted by Gasteiger charge is -2.20. The molecule has 1 amide bonds. The SMILES string of the molecule is CCCCCCCSc1ccc(-c2ccc(Br)cc2N(C)SC)cc1.NC=O. The molecule has 0 saturated carbocycles. The Balaban J connectivity index is 0.00000122. The van der Waals surface area contributed by atoms with Gasteiger partial charge in [0.1, 0.15) is 0 Å². The zero-order chi connectivity index (χ0) is 20.8. The van der Waals surface area contributed by atoms with Gasteiger partial charge in [0, 0.05) is 28.2 Å². The number of thioether (sulfide) groups is 1. The van der Waals surface area contributed by atoms with Crippen LogP contribution in [0.2, 0.25) is 0 Å². The number of nitrogens with zero attached hydrogens (tertiary/aromatic N) is 1. The molecule has 0 saturated heterocycles. The van der Waals surface area contributed by atoms with Crippen LogP contribution in [-0.2, 0) is 4.79 Å². The summed E-state index contributed by atoms with van der Waals surface area (Å²) in [5.41, 5.74) is 7.95. The Morgan fingerprint density at radius 3 is 2.32 bits per heavy atom. The van der Waals surface area contributed by atoms with E-state index < -0.39 is 0 Å². The molecule has 6 heteroatoms. The van der Waals surface area contributed by atoms with Crippen LogP contribution in [0.1, 0.15) is 39.0 Å². The van der Waals surface area contributed by atoms with Crippen molar-refractivity contribution in [3.05, 3.63) is 46.9 Å². The van der Waals surface area contributed by atoms with Gasteiger partial charge in [-0.15, -0.1) is 11.8 Å². The number of carbonyl (C=O) groups excluding carboxylic acids is 1. The van der Waals surface area contributed by atoms with Gasteiger partial charge in [0.05, 0.1) is 5.69 Å². The molecule has 2 rings (SSSR count). The molecule has 0 heterocycles. The van der Waals surface area contributed by atoms with Crippen LogP contribution in [0.25, 0.3) is 11.1 Å². The second kappa shape index (κ2) is 14.8. The van der Waals surface area contributed by atoms with Crippen LogP contribution in [0.5, 0.6) is 0 Å². The number of amides is 1. The first-order valence-corrected chi connectivity index (χ1v) is 12.5. The number of hydrogen-bond donors (Lipinski definition) is 1. The van der Waals surface area contributed by atoms with Gasteiger partial charge in [-0.05, 0) is 42.0 Å². The Morgan fingerprint density at radius 1 is 1.07 bits per heavy atom. The van der Waals surface area contributed by atoms with Crippen molar-refractivity contribution in [2.45, 2.75) is 43.9 Å². The van der Waals surface area contributed by atoms with E-state index >= 15 is 0 Å². The van der Waals surface area contributed by atoms with Crippen molar-refractivity contribution in [2.75, 3.05) is 23.4 Å². The summed E-state index contributed by atoms with van der Waals surface area (Å²) >= 11 is 7.29. The van der Waals surface area contributed by atoms with E-state index in [1.165, 1.54) is 59.6 Å². The molecule has 154 valence electrons. The molecule has 0 bridgehead atoms. The van der Waals surface area contributed by atoms with Crippen LogP contribution in [0.3, 0.4) is 0 Å². The minimum absolute atomic E-state index is 0.250. The summed E-state index contributed by atoms with van der Waals surface area (Å²) in [5, 5.41) is 0. The molecule has 0 atom stereocenters. The van der Waals surface area contributed by atoms with Crippen LogP contribution < -0.4 is 10.0 Å². The first-order chi connectivity index (χ1) is 13.6. The molecule has 0 aromatic heterocycles. The molecule has 0 unspecified atom stereocenters. The molecule has 0 spiro atoms. The topological polar surface area (TPSA) is 46.3 Å². The van der Waals surface area contributed by atoms with Crippen molar-refractivity contribution >= 4 is 51.7 Å². The Labute approximate surface area is 187 Å². The quantitative estimate of drug-likeness (QED) is 0.171. The Hall–Kier alpha value is -1.11. The van der Waals surface area contributed by atoms with E-state index in [0.717, 1.165) is 4.47 Å². The average molecular weight is 484 g/mol. The van der Waals surface area contributed by atoms with Gasteiger partial charge in [-0.1, -0.05) is 78.7 Å². The first-order valence-electron chi connectivity index (χ1n) is 9.53. The van der Waals surface area contributed by atoms with Crippen molar-refractivity contribution in [1.82, 2.24) is 0 Å². The van der Waals surface area contributed by atoms with Gasteiger partial charge in [-0.2, -0.15) is 0 Å². The van der Waals surface area contributed by atoms with Gasteiger partial charge >= 0.3 is 0 Å². The highest BCUT2D eigenvalue weighted by Crippen LogP contribution is 2.35. The maximum atomic E-state index is 8.58. The minimum atomic E-state index is 0.250. The number of unbranched alkanes of at least 4 members (excludes halogenated alkanes) is 4. The smallest absolute Gasteiger partial charge is 0.204 e. The number of halogens is 1. The largest absolute Gasteiger partial charge is 0.372 e. The summed E-state index contributed by atoms with van der Waals surface area (Å²) in [6, 6.07) is 15.5. The van der Waals surface area contributed by atoms with Crippen LogP contribution >= 0.6 is 39.6 Å². The summed E-state index contributed by atoms with van der Waals surface area (Å²) in [6.45, 7) is 2.27. The number of hydrogen-bond acceptors (Lipinski definition) is 4. The van der Waals surface area contributed by atoms with Crippen molar-refractivity contribution < 1.29 is 4.79 Å². The number of rotatable bonds is 10. The molecule has 0 aliphatic carbocycles. The van der Waals surface area contributed by atoms with Gasteiger partial charge in [0.15, 0.2) is 0 Å². The van der Waals surface area contributed by atoms with Crippen LogP contribution in [0, 0.1) is 0 Å². The lowest BCUT2D eigenvalue weighted by atomic mass is 10.0. The lowest BCUT2D eigenvalue weighted by Crippen LogP contribution is -2.06. The Kier molecular flexibility index (Phi) is 13.2. The van der Waals surface area contributed by atoms with E-state index in [-0.39, 0.29) is 6.41 Å². The monoisotopic (exact) mass is 482 g/mol. The fraction of sp³-hybridized carbons (Fsp3) is 0.409. The second-order valence-corrected chi connectivity index (χ2v) is 9.26. The van der Waals surface area contributed by atoms with Crippen molar-refractivity contribution in [2.24, 2.45) is 5.73 Å². The second-order valence-electron chi connectivity index (χ2n) is 6.26. The number of anilines is 1. The minimum Gasteiger partial charge on any atom is -0.372 e. The summed E-state index contributed by atoms with van der Waals surface area (Å²) < 4.78 is 3.32. The van der Waals surface area contributed by atoms with Crippen molar-refractivity contribution in [1.29, 1.82) is 0 Å². The van der Waals surface area contributed by atoms with Crippen molar-refractivity contribution in [3.8, 4) is 11.1 Å². The number of nitrogens with two attached hydrogens (primary N) is 1. The number of primary amides is 1. The molecule has 0 radical (unpaired) electrons. The molecular weight excluding hydrogens is 452 g/mol. The molecule has 0 fully saturated rings. The van der Waals surface area contributed by atoms with Crippen molar-refractivity contribution in [3.63, 3.8) is 0 Å². The third kappa shape index (κ3) is 8.93. The third-order valence-corrected chi connectivity index (χ3v) is 6.59. The summed E-state index contributed by atoms with van der Waals surface area (Å²) in [6.07, 6.45) is 9.11. The van der Waals surface area contributed by atoms with E-state index in [0.29, 0.717) is 0 Å². The van der Waals surface area contributed by atoms with Gasteiger partial charge < -0.3 is 10.0 Å². The average Bonchev–Trinajstić information content (AvgIpc) is 2.71. The predicted molar refractivity (Wildman–Crippen MR) is 131 cm³/mol. The maximum absolute atomic E-state index is 8.58. The molecule has 2 N–H and O–H groups in total. The Bertz CT molecular complexity index is 695. The number of benzene rings is 2. The molecule has 2 aromatic rings. The fourth-order valence-corrected chi connectivity index (χ4v) is 4.34. The van der Waals surface area contributed by atoms with Crippen LogP contribution in [0.4, 0.5) is 5.69 Å².